The maximum atomic E-state index is 13.4. The lowest BCUT2D eigenvalue weighted by Gasteiger charge is -2.36. The molecule has 0 saturated carbocycles. The Morgan fingerprint density at radius 3 is 2.17 bits per heavy atom. The van der Waals surface area contributed by atoms with E-state index in [4.69, 9.17) is 31.5 Å². The number of hydrogen-bond acceptors (Lipinski definition) is 9. The topological polar surface area (TPSA) is 132 Å². The highest BCUT2D eigenvalue weighted by atomic mass is 35.5. The van der Waals surface area contributed by atoms with Gasteiger partial charge in [0.1, 0.15) is 17.3 Å². The molecule has 0 spiro atoms. The van der Waals surface area contributed by atoms with Gasteiger partial charge < -0.3 is 19.9 Å². The molecule has 4 rings (SSSR count). The molecule has 0 aromatic heterocycles. The van der Waals surface area contributed by atoms with Crippen LogP contribution in [0.25, 0.3) is 0 Å². The van der Waals surface area contributed by atoms with Crippen LogP contribution in [0.15, 0.2) is 95.5 Å². The third-order valence-electron chi connectivity index (χ3n) is 6.49. The van der Waals surface area contributed by atoms with E-state index in [1.165, 1.54) is 18.2 Å². The van der Waals surface area contributed by atoms with Crippen LogP contribution in [0.1, 0.15) is 34.3 Å². The average molecular weight is 572 g/mol. The Morgan fingerprint density at radius 1 is 0.951 bits per heavy atom. The fourth-order valence-corrected chi connectivity index (χ4v) is 4.83. The number of nitrogens with zero attached hydrogens (tertiary/aromatic N) is 2. The Labute approximate surface area is 242 Å². The molecular weight excluding hydrogens is 546 g/mol. The van der Waals surface area contributed by atoms with Crippen LogP contribution in [-0.4, -0.2) is 38.5 Å². The van der Waals surface area contributed by atoms with Crippen molar-refractivity contribution in [1.82, 2.24) is 0 Å². The van der Waals surface area contributed by atoms with E-state index in [1.807, 2.05) is 6.92 Å². The molecule has 1 atom stereocenters. The van der Waals surface area contributed by atoms with Crippen LogP contribution in [0.2, 0.25) is 5.02 Å². The summed E-state index contributed by atoms with van der Waals surface area (Å²) in [5.74, 6) is -2.72. The maximum absolute atomic E-state index is 13.4. The molecule has 3 aromatic carbocycles. The predicted octanol–water partition coefficient (Wildman–Crippen LogP) is 4.87. The third-order valence-corrected chi connectivity index (χ3v) is 6.81. The molecule has 1 aliphatic rings. The Balaban J connectivity index is 1.95. The van der Waals surface area contributed by atoms with Gasteiger partial charge in [0.15, 0.2) is 5.78 Å². The molecule has 3 aromatic rings. The number of esters is 2. The normalized spacial score (nSPS) is 14.8. The second-order valence-electron chi connectivity index (χ2n) is 8.79. The summed E-state index contributed by atoms with van der Waals surface area (Å²) < 4.78 is 15.6. The van der Waals surface area contributed by atoms with Crippen molar-refractivity contribution in [3.8, 4) is 11.8 Å². The summed E-state index contributed by atoms with van der Waals surface area (Å²) in [6.45, 7) is 2.34. The molecule has 2 N–H and O–H groups in total. The van der Waals surface area contributed by atoms with Gasteiger partial charge >= 0.3 is 11.9 Å². The van der Waals surface area contributed by atoms with E-state index >= 15 is 0 Å². The molecule has 1 heterocycles. The highest BCUT2D eigenvalue weighted by Gasteiger charge is 2.43. The van der Waals surface area contributed by atoms with Gasteiger partial charge in [0.05, 0.1) is 54.7 Å². The average Bonchev–Trinajstić information content (AvgIpc) is 3.00. The van der Waals surface area contributed by atoms with E-state index in [0.717, 1.165) is 19.1 Å². The van der Waals surface area contributed by atoms with Gasteiger partial charge in [0.2, 0.25) is 0 Å². The number of anilines is 1. The van der Waals surface area contributed by atoms with Gasteiger partial charge in [-0.3, -0.25) is 9.69 Å². The Hall–Kier alpha value is -5.07. The molecule has 0 bridgehead atoms. The summed E-state index contributed by atoms with van der Waals surface area (Å²) in [5.41, 5.74) is 7.28. The number of carbonyl (C=O) groups excluding carboxylic acids is 3. The van der Waals surface area contributed by atoms with Gasteiger partial charge in [-0.15, -0.1) is 0 Å². The number of nitriles is 1. The van der Waals surface area contributed by atoms with Crippen LogP contribution in [0.4, 0.5) is 5.69 Å². The van der Waals surface area contributed by atoms with Crippen LogP contribution in [0, 0.1) is 11.3 Å². The van der Waals surface area contributed by atoms with Crippen molar-refractivity contribution in [2.45, 2.75) is 12.8 Å². The number of benzene rings is 3. The highest BCUT2D eigenvalue weighted by Crippen LogP contribution is 2.44. The monoisotopic (exact) mass is 571 g/mol. The van der Waals surface area contributed by atoms with Crippen molar-refractivity contribution >= 4 is 35.0 Å². The second kappa shape index (κ2) is 12.4. The van der Waals surface area contributed by atoms with Crippen LogP contribution >= 0.6 is 11.6 Å². The standard InChI is InChI=1S/C31H26ClN3O6/c1-4-41-21-13-10-19(11-14-21)28(36)20-12-15-23(32)24(16-20)35-27(31(38)40-3)26(30(37)39-2)25(22(17-33)29(35)34)18-8-6-5-7-9-18/h5-16,25H,4,34H2,1-3H3. The van der Waals surface area contributed by atoms with Gasteiger partial charge in [-0.05, 0) is 55.0 Å². The molecule has 0 fully saturated rings. The molecule has 41 heavy (non-hydrogen) atoms. The zero-order valence-electron chi connectivity index (χ0n) is 22.5. The molecule has 1 aliphatic heterocycles. The first kappa shape index (κ1) is 28.9. The van der Waals surface area contributed by atoms with E-state index in [0.29, 0.717) is 23.5 Å². The number of halogens is 1. The number of carbonyl (C=O) groups is 3. The van der Waals surface area contributed by atoms with Crippen molar-refractivity contribution in [3.63, 3.8) is 0 Å². The van der Waals surface area contributed by atoms with Crippen molar-refractivity contribution < 1.29 is 28.6 Å². The van der Waals surface area contributed by atoms with Crippen molar-refractivity contribution in [3.05, 3.63) is 117 Å². The zero-order valence-corrected chi connectivity index (χ0v) is 23.3. The molecule has 0 saturated heterocycles. The number of ketones is 1. The third kappa shape index (κ3) is 5.51. The summed E-state index contributed by atoms with van der Waals surface area (Å²) in [4.78, 5) is 41.2. The zero-order chi connectivity index (χ0) is 29.7. The Kier molecular flexibility index (Phi) is 8.75. The number of rotatable bonds is 8. The molecule has 0 amide bonds. The number of methoxy groups -OCH3 is 2. The van der Waals surface area contributed by atoms with E-state index in [-0.39, 0.29) is 44.7 Å². The smallest absolute Gasteiger partial charge is 0.355 e. The molecule has 0 aliphatic carbocycles. The SMILES string of the molecule is CCOc1ccc(C(=O)c2ccc(Cl)c(N3C(N)=C(C#N)C(c4ccccc4)C(C(=O)OC)=C3C(=O)OC)c2)cc1. The second-order valence-corrected chi connectivity index (χ2v) is 9.20. The number of nitrogens with two attached hydrogens (primary N) is 1. The predicted molar refractivity (Wildman–Crippen MR) is 152 cm³/mol. The van der Waals surface area contributed by atoms with E-state index < -0.39 is 17.9 Å². The summed E-state index contributed by atoms with van der Waals surface area (Å²) in [7, 11) is 2.31. The lowest BCUT2D eigenvalue weighted by Crippen LogP contribution is -2.41. The first-order valence-corrected chi connectivity index (χ1v) is 12.9. The van der Waals surface area contributed by atoms with Crippen molar-refractivity contribution in [1.29, 1.82) is 5.26 Å². The van der Waals surface area contributed by atoms with Crippen LogP contribution in [-0.2, 0) is 19.1 Å². The fourth-order valence-electron chi connectivity index (χ4n) is 4.62. The molecule has 0 radical (unpaired) electrons. The van der Waals surface area contributed by atoms with E-state index in [9.17, 15) is 19.6 Å². The van der Waals surface area contributed by atoms with Gasteiger partial charge in [0.25, 0.3) is 0 Å². The van der Waals surface area contributed by atoms with Crippen LogP contribution < -0.4 is 15.4 Å². The number of allylic oxidation sites excluding steroid dienone is 1. The highest BCUT2D eigenvalue weighted by molar-refractivity contribution is 6.34. The van der Waals surface area contributed by atoms with Gasteiger partial charge in [0, 0.05) is 11.1 Å². The van der Waals surface area contributed by atoms with Gasteiger partial charge in [-0.2, -0.15) is 5.26 Å². The molecular formula is C31H26ClN3O6. The molecule has 10 heteroatoms. The molecule has 1 unspecified atom stereocenters. The lowest BCUT2D eigenvalue weighted by molar-refractivity contribution is -0.139. The summed E-state index contributed by atoms with van der Waals surface area (Å²) in [6.07, 6.45) is 0. The lowest BCUT2D eigenvalue weighted by atomic mass is 9.81. The van der Waals surface area contributed by atoms with Gasteiger partial charge in [-0.25, -0.2) is 9.59 Å². The minimum atomic E-state index is -1.04. The first-order chi connectivity index (χ1) is 19.8. The van der Waals surface area contributed by atoms with Crippen molar-refractivity contribution in [2.75, 3.05) is 25.7 Å². The van der Waals surface area contributed by atoms with Crippen LogP contribution in [0.3, 0.4) is 0 Å². The first-order valence-electron chi connectivity index (χ1n) is 12.5. The van der Waals surface area contributed by atoms with Crippen molar-refractivity contribution in [2.24, 2.45) is 5.73 Å². The fraction of sp³-hybridized carbons (Fsp3) is 0.161. The minimum absolute atomic E-state index is 0.0245. The molecule has 208 valence electrons. The summed E-state index contributed by atoms with van der Waals surface area (Å²) >= 11 is 6.60. The number of ether oxygens (including phenoxy) is 3. The van der Waals surface area contributed by atoms with Crippen LogP contribution in [0.5, 0.6) is 5.75 Å². The summed E-state index contributed by atoms with van der Waals surface area (Å²) in [5, 5.41) is 10.3. The largest absolute Gasteiger partial charge is 0.494 e. The van der Waals surface area contributed by atoms with E-state index in [1.54, 1.807) is 54.6 Å². The summed E-state index contributed by atoms with van der Waals surface area (Å²) in [6, 6.07) is 21.8. The number of hydrogen-bond donors (Lipinski definition) is 1. The van der Waals surface area contributed by atoms with E-state index in [2.05, 4.69) is 6.07 Å². The Morgan fingerprint density at radius 2 is 1.59 bits per heavy atom. The Bertz CT molecular complexity index is 1610. The minimum Gasteiger partial charge on any atom is -0.494 e. The maximum Gasteiger partial charge on any atom is 0.355 e. The quantitative estimate of drug-likeness (QED) is 0.297. The molecule has 9 nitrogen and oxygen atoms in total. The van der Waals surface area contributed by atoms with Gasteiger partial charge in [-0.1, -0.05) is 41.9 Å².